The predicted molar refractivity (Wildman–Crippen MR) is 113 cm³/mol. The van der Waals surface area contributed by atoms with Crippen molar-refractivity contribution < 1.29 is 24.2 Å². The SMILES string of the molecule is O=C(NCc1cc(C(=O)O)c2n1CCOC2)OCC1c2ccccc2-c2ccccc21. The third-order valence-electron chi connectivity index (χ3n) is 5.98. The monoisotopic (exact) mass is 418 g/mol. The lowest BCUT2D eigenvalue weighted by atomic mass is 9.98. The van der Waals surface area contributed by atoms with Crippen LogP contribution in [0.2, 0.25) is 0 Å². The Morgan fingerprint density at radius 1 is 1.10 bits per heavy atom. The van der Waals surface area contributed by atoms with Crippen LogP contribution >= 0.6 is 0 Å². The first-order valence-corrected chi connectivity index (χ1v) is 10.2. The molecule has 0 bridgehead atoms. The number of carbonyl (C=O) groups is 2. The van der Waals surface area contributed by atoms with Crippen molar-refractivity contribution in [2.24, 2.45) is 0 Å². The minimum Gasteiger partial charge on any atom is -0.478 e. The summed E-state index contributed by atoms with van der Waals surface area (Å²) in [6.07, 6.45) is -0.527. The highest BCUT2D eigenvalue weighted by atomic mass is 16.5. The summed E-state index contributed by atoms with van der Waals surface area (Å²) in [5, 5.41) is 12.2. The smallest absolute Gasteiger partial charge is 0.407 e. The summed E-state index contributed by atoms with van der Waals surface area (Å²) in [5.74, 6) is -1.00. The van der Waals surface area contributed by atoms with Gasteiger partial charge in [0.1, 0.15) is 6.61 Å². The van der Waals surface area contributed by atoms with Gasteiger partial charge in [-0.05, 0) is 28.3 Å². The maximum absolute atomic E-state index is 12.4. The Morgan fingerprint density at radius 2 is 1.77 bits per heavy atom. The van der Waals surface area contributed by atoms with Crippen molar-refractivity contribution >= 4 is 12.1 Å². The van der Waals surface area contributed by atoms with E-state index in [0.717, 1.165) is 16.8 Å². The van der Waals surface area contributed by atoms with Gasteiger partial charge in [0.25, 0.3) is 0 Å². The van der Waals surface area contributed by atoms with E-state index >= 15 is 0 Å². The number of carboxylic acid groups (broad SMARTS) is 1. The zero-order chi connectivity index (χ0) is 21.4. The minimum absolute atomic E-state index is 0.00466. The number of nitrogens with zero attached hydrogens (tertiary/aromatic N) is 1. The molecule has 7 heteroatoms. The van der Waals surface area contributed by atoms with E-state index in [9.17, 15) is 14.7 Å². The summed E-state index contributed by atoms with van der Waals surface area (Å²) >= 11 is 0. The maximum Gasteiger partial charge on any atom is 0.407 e. The van der Waals surface area contributed by atoms with E-state index in [-0.39, 0.29) is 31.2 Å². The van der Waals surface area contributed by atoms with Gasteiger partial charge in [-0.3, -0.25) is 0 Å². The summed E-state index contributed by atoms with van der Waals surface area (Å²) < 4.78 is 12.8. The molecular weight excluding hydrogens is 396 g/mol. The average Bonchev–Trinajstić information content (AvgIpc) is 3.33. The van der Waals surface area contributed by atoms with Crippen molar-refractivity contribution in [1.29, 1.82) is 0 Å². The zero-order valence-electron chi connectivity index (χ0n) is 16.8. The summed E-state index contributed by atoms with van der Waals surface area (Å²) in [7, 11) is 0. The van der Waals surface area contributed by atoms with Crippen molar-refractivity contribution in [1.82, 2.24) is 9.88 Å². The fraction of sp³-hybridized carbons (Fsp3) is 0.250. The topological polar surface area (TPSA) is 89.8 Å². The molecule has 2 aromatic carbocycles. The number of hydrogen-bond acceptors (Lipinski definition) is 4. The van der Waals surface area contributed by atoms with Gasteiger partial charge >= 0.3 is 12.1 Å². The van der Waals surface area contributed by atoms with Gasteiger partial charge in [-0.25, -0.2) is 9.59 Å². The Labute approximate surface area is 179 Å². The molecule has 0 radical (unpaired) electrons. The van der Waals surface area contributed by atoms with E-state index in [4.69, 9.17) is 9.47 Å². The van der Waals surface area contributed by atoms with E-state index in [1.165, 1.54) is 11.1 Å². The molecule has 2 N–H and O–H groups in total. The number of rotatable bonds is 5. The second-order valence-electron chi connectivity index (χ2n) is 7.68. The summed E-state index contributed by atoms with van der Waals surface area (Å²) in [6, 6.07) is 17.9. The number of alkyl carbamates (subject to hydrolysis) is 1. The number of ether oxygens (including phenoxy) is 2. The average molecular weight is 418 g/mol. The molecule has 1 aliphatic carbocycles. The molecule has 0 saturated carbocycles. The Bertz CT molecular complexity index is 1120. The second kappa shape index (κ2) is 7.92. The van der Waals surface area contributed by atoms with Crippen LogP contribution in [0.1, 0.15) is 38.8 Å². The number of benzene rings is 2. The van der Waals surface area contributed by atoms with Crippen LogP contribution < -0.4 is 5.32 Å². The van der Waals surface area contributed by atoms with Crippen LogP contribution in [-0.2, 0) is 29.2 Å². The number of carboxylic acids is 1. The number of nitrogens with one attached hydrogen (secondary N) is 1. The standard InChI is InChI=1S/C24H22N2O5/c27-23(28)20-11-15(26-9-10-30-14-22(20)26)12-25-24(29)31-13-21-18-7-3-1-5-16(18)17-6-2-4-8-19(17)21/h1-8,11,21H,9-10,12-14H2,(H,25,29)(H,27,28). The van der Waals surface area contributed by atoms with Crippen LogP contribution in [0.3, 0.4) is 0 Å². The van der Waals surface area contributed by atoms with Crippen LogP contribution in [0, 0.1) is 0 Å². The summed E-state index contributed by atoms with van der Waals surface area (Å²) in [4.78, 5) is 23.9. The van der Waals surface area contributed by atoms with Crippen molar-refractivity contribution in [3.05, 3.63) is 82.7 Å². The Balaban J connectivity index is 1.26. The lowest BCUT2D eigenvalue weighted by Crippen LogP contribution is -2.28. The number of carbonyl (C=O) groups excluding carboxylic acids is 1. The molecule has 3 aromatic rings. The lowest BCUT2D eigenvalue weighted by molar-refractivity contribution is 0.0659. The minimum atomic E-state index is -0.998. The molecule has 1 aromatic heterocycles. The second-order valence-corrected chi connectivity index (χ2v) is 7.68. The molecule has 0 atom stereocenters. The molecule has 0 spiro atoms. The first-order chi connectivity index (χ1) is 15.1. The molecule has 0 saturated heterocycles. The third kappa shape index (κ3) is 3.47. The molecule has 158 valence electrons. The number of hydrogen-bond donors (Lipinski definition) is 2. The quantitative estimate of drug-likeness (QED) is 0.659. The van der Waals surface area contributed by atoms with Crippen molar-refractivity contribution in [2.75, 3.05) is 13.2 Å². The van der Waals surface area contributed by atoms with Gasteiger partial charge in [-0.2, -0.15) is 0 Å². The molecule has 2 aliphatic rings. The molecule has 2 heterocycles. The first kappa shape index (κ1) is 19.4. The largest absolute Gasteiger partial charge is 0.478 e. The van der Waals surface area contributed by atoms with E-state index in [0.29, 0.717) is 18.8 Å². The van der Waals surface area contributed by atoms with Gasteiger partial charge in [-0.15, -0.1) is 0 Å². The molecule has 31 heavy (non-hydrogen) atoms. The third-order valence-corrected chi connectivity index (χ3v) is 5.98. The van der Waals surface area contributed by atoms with Crippen LogP contribution in [0.25, 0.3) is 11.1 Å². The highest BCUT2D eigenvalue weighted by molar-refractivity contribution is 5.89. The molecule has 1 aliphatic heterocycles. The van der Waals surface area contributed by atoms with Crippen LogP contribution in [-0.4, -0.2) is 34.9 Å². The van der Waals surface area contributed by atoms with Gasteiger partial charge < -0.3 is 24.5 Å². The number of fused-ring (bicyclic) bond motifs is 4. The van der Waals surface area contributed by atoms with Crippen molar-refractivity contribution in [3.63, 3.8) is 0 Å². The molecule has 0 unspecified atom stereocenters. The first-order valence-electron chi connectivity index (χ1n) is 10.2. The lowest BCUT2D eigenvalue weighted by Gasteiger charge is -2.19. The number of amides is 1. The zero-order valence-corrected chi connectivity index (χ0v) is 16.8. The highest BCUT2D eigenvalue weighted by Crippen LogP contribution is 2.44. The van der Waals surface area contributed by atoms with Gasteiger partial charge in [0.05, 0.1) is 31.0 Å². The highest BCUT2D eigenvalue weighted by Gasteiger charge is 2.29. The van der Waals surface area contributed by atoms with E-state index in [1.807, 2.05) is 28.8 Å². The molecular formula is C24H22N2O5. The molecule has 0 fully saturated rings. The summed E-state index contributed by atoms with van der Waals surface area (Å²) in [6.45, 7) is 1.76. The molecule has 1 amide bonds. The maximum atomic E-state index is 12.4. The van der Waals surface area contributed by atoms with Crippen LogP contribution in [0.15, 0.2) is 54.6 Å². The number of aromatic nitrogens is 1. The fourth-order valence-electron chi connectivity index (χ4n) is 4.55. The molecule has 5 rings (SSSR count). The van der Waals surface area contributed by atoms with Crippen LogP contribution in [0.5, 0.6) is 0 Å². The van der Waals surface area contributed by atoms with Gasteiger partial charge in [0, 0.05) is 18.2 Å². The van der Waals surface area contributed by atoms with E-state index in [2.05, 4.69) is 29.6 Å². The molecule has 7 nitrogen and oxygen atoms in total. The van der Waals surface area contributed by atoms with E-state index in [1.54, 1.807) is 6.07 Å². The van der Waals surface area contributed by atoms with Crippen LogP contribution in [0.4, 0.5) is 4.79 Å². The summed E-state index contributed by atoms with van der Waals surface area (Å²) in [5.41, 5.74) is 6.23. The van der Waals surface area contributed by atoms with Gasteiger partial charge in [-0.1, -0.05) is 48.5 Å². The fourth-order valence-corrected chi connectivity index (χ4v) is 4.55. The normalized spacial score (nSPS) is 14.5. The Hall–Kier alpha value is -3.58. The van der Waals surface area contributed by atoms with Crippen molar-refractivity contribution in [2.45, 2.75) is 25.6 Å². The van der Waals surface area contributed by atoms with Gasteiger partial charge in [0.15, 0.2) is 0 Å². The van der Waals surface area contributed by atoms with Gasteiger partial charge in [0.2, 0.25) is 0 Å². The predicted octanol–water partition coefficient (Wildman–Crippen LogP) is 3.76. The Kier molecular flexibility index (Phi) is 4.95. The van der Waals surface area contributed by atoms with Crippen molar-refractivity contribution in [3.8, 4) is 11.1 Å². The van der Waals surface area contributed by atoms with E-state index < -0.39 is 12.1 Å². The number of aromatic carboxylic acids is 1. The Morgan fingerprint density at radius 3 is 2.45 bits per heavy atom.